The van der Waals surface area contributed by atoms with Crippen LogP contribution in [0.15, 0.2) is 30.6 Å². The molecule has 0 bridgehead atoms. The Balaban J connectivity index is 0.000000218. The fourth-order valence-electron chi connectivity index (χ4n) is 0.378. The summed E-state index contributed by atoms with van der Waals surface area (Å²) >= 11 is 0. The molecule has 1 aromatic rings. The number of pyridine rings is 1. The zero-order chi connectivity index (χ0) is 8.69. The molecule has 0 amide bonds. The molecule has 5 nitrogen and oxygen atoms in total. The SMILES string of the molecule is F[n+]1ccccc1.O=[N+]([O-])[O-]. The number of hydrogen-bond acceptors (Lipinski definition) is 3. The predicted octanol–water partition coefficient (Wildman–Crippen LogP) is 0.468. The molecular formula is C5H5FN2O3. The van der Waals surface area contributed by atoms with E-state index < -0.39 is 5.09 Å². The highest BCUT2D eigenvalue weighted by molar-refractivity contribution is 4.82. The molecule has 0 aliphatic rings. The fraction of sp³-hybridized carbons (Fsp3) is 0. The van der Waals surface area contributed by atoms with Gasteiger partial charge in [0.15, 0.2) is 0 Å². The van der Waals surface area contributed by atoms with Crippen LogP contribution in [0.5, 0.6) is 0 Å². The van der Waals surface area contributed by atoms with Crippen molar-refractivity contribution in [3.8, 4) is 0 Å². The lowest BCUT2D eigenvalue weighted by molar-refractivity contribution is -0.843. The van der Waals surface area contributed by atoms with Crippen LogP contribution in [0.4, 0.5) is 4.48 Å². The third-order valence-electron chi connectivity index (χ3n) is 0.679. The number of hydrogen-bond donors (Lipinski definition) is 0. The van der Waals surface area contributed by atoms with Crippen LogP contribution in [0.25, 0.3) is 0 Å². The number of halogens is 1. The van der Waals surface area contributed by atoms with E-state index in [2.05, 4.69) is 0 Å². The van der Waals surface area contributed by atoms with Gasteiger partial charge in [0, 0.05) is 16.9 Å². The molecule has 60 valence electrons. The van der Waals surface area contributed by atoms with E-state index in [-0.39, 0.29) is 0 Å². The average molecular weight is 160 g/mol. The molecule has 0 aromatic carbocycles. The van der Waals surface area contributed by atoms with Gasteiger partial charge in [0.2, 0.25) is 12.4 Å². The summed E-state index contributed by atoms with van der Waals surface area (Å²) in [6, 6.07) is 5.01. The molecule has 0 unspecified atom stereocenters. The topological polar surface area (TPSA) is 70.1 Å². The Morgan fingerprint density at radius 2 is 1.55 bits per heavy atom. The van der Waals surface area contributed by atoms with Crippen molar-refractivity contribution in [2.75, 3.05) is 0 Å². The molecule has 0 spiro atoms. The van der Waals surface area contributed by atoms with Crippen molar-refractivity contribution >= 4 is 0 Å². The summed E-state index contributed by atoms with van der Waals surface area (Å²) in [6.45, 7) is 0. The van der Waals surface area contributed by atoms with Gasteiger partial charge in [-0.25, -0.2) is 0 Å². The molecule has 0 aliphatic carbocycles. The van der Waals surface area contributed by atoms with Crippen molar-refractivity contribution < 1.29 is 14.4 Å². The zero-order valence-corrected chi connectivity index (χ0v) is 5.38. The highest BCUT2D eigenvalue weighted by Crippen LogP contribution is 1.73. The Hall–Kier alpha value is -1.72. The first-order valence-corrected chi connectivity index (χ1v) is 2.57. The second kappa shape index (κ2) is 5.10. The highest BCUT2D eigenvalue weighted by Gasteiger charge is 1.86. The molecule has 11 heavy (non-hydrogen) atoms. The predicted molar refractivity (Wildman–Crippen MR) is 33.5 cm³/mol. The summed E-state index contributed by atoms with van der Waals surface area (Å²) in [5.74, 6) is 0. The first-order chi connectivity index (χ1) is 5.13. The molecule has 0 radical (unpaired) electrons. The standard InChI is InChI=1S/C5H5FN.NO3/c6-7-4-2-1-3-5-7;2-1(3)4/h1-5H;/q+1;-1. The number of nitrogens with zero attached hydrogens (tertiary/aromatic N) is 2. The summed E-state index contributed by atoms with van der Waals surface area (Å²) in [5, 5.41) is 14.8. The summed E-state index contributed by atoms with van der Waals surface area (Å²) in [5.41, 5.74) is 0. The van der Waals surface area contributed by atoms with Crippen molar-refractivity contribution in [3.05, 3.63) is 45.9 Å². The van der Waals surface area contributed by atoms with Gasteiger partial charge in [-0.15, -0.1) is 0 Å². The molecule has 0 aliphatic heterocycles. The van der Waals surface area contributed by atoms with Crippen molar-refractivity contribution in [3.63, 3.8) is 0 Å². The Morgan fingerprint density at radius 1 is 1.18 bits per heavy atom. The highest BCUT2D eigenvalue weighted by atomic mass is 19.2. The molecule has 0 atom stereocenters. The molecule has 0 saturated carbocycles. The van der Waals surface area contributed by atoms with Crippen LogP contribution in [0, 0.1) is 15.3 Å². The molecule has 0 N–H and O–H groups in total. The second-order valence-electron chi connectivity index (χ2n) is 1.44. The second-order valence-corrected chi connectivity index (χ2v) is 1.44. The number of aromatic nitrogens is 1. The van der Waals surface area contributed by atoms with Gasteiger partial charge in [-0.1, -0.05) is 6.07 Å². The molecule has 1 heterocycles. The van der Waals surface area contributed by atoms with Crippen molar-refractivity contribution in [2.24, 2.45) is 0 Å². The lowest BCUT2D eigenvalue weighted by Crippen LogP contribution is -2.18. The Bertz CT molecular complexity index is 212. The van der Waals surface area contributed by atoms with E-state index in [0.29, 0.717) is 4.79 Å². The largest absolute Gasteiger partial charge is 0.356 e. The molecule has 1 rings (SSSR count). The molecule has 6 heteroatoms. The van der Waals surface area contributed by atoms with Crippen molar-refractivity contribution in [1.82, 2.24) is 0 Å². The van der Waals surface area contributed by atoms with E-state index in [1.807, 2.05) is 0 Å². The van der Waals surface area contributed by atoms with Crippen LogP contribution < -0.4 is 4.79 Å². The zero-order valence-electron chi connectivity index (χ0n) is 5.38. The Morgan fingerprint density at radius 3 is 1.73 bits per heavy atom. The van der Waals surface area contributed by atoms with Gasteiger partial charge in [-0.05, 0) is 0 Å². The van der Waals surface area contributed by atoms with E-state index >= 15 is 0 Å². The van der Waals surface area contributed by atoms with Crippen LogP contribution >= 0.6 is 0 Å². The minimum Gasteiger partial charge on any atom is -0.356 e. The van der Waals surface area contributed by atoms with E-state index in [1.165, 1.54) is 12.4 Å². The summed E-state index contributed by atoms with van der Waals surface area (Å²) < 4.78 is 11.8. The third-order valence-corrected chi connectivity index (χ3v) is 0.679. The quantitative estimate of drug-likeness (QED) is 0.409. The van der Waals surface area contributed by atoms with Gasteiger partial charge < -0.3 is 15.3 Å². The first kappa shape index (κ1) is 9.28. The Labute approximate surface area is 61.4 Å². The summed E-state index contributed by atoms with van der Waals surface area (Å²) in [4.78, 5) is 8.75. The van der Waals surface area contributed by atoms with Crippen LogP contribution in [-0.2, 0) is 0 Å². The molecule has 0 saturated heterocycles. The molecule has 1 aromatic heterocycles. The maximum Gasteiger partial charge on any atom is 0.218 e. The Kier molecular flexibility index (Phi) is 4.30. The fourth-order valence-corrected chi connectivity index (χ4v) is 0.378. The van der Waals surface area contributed by atoms with E-state index in [0.717, 1.165) is 0 Å². The minimum atomic E-state index is -1.75. The monoisotopic (exact) mass is 160 g/mol. The molecular weight excluding hydrogens is 155 g/mol. The first-order valence-electron chi connectivity index (χ1n) is 2.57. The van der Waals surface area contributed by atoms with E-state index in [4.69, 9.17) is 15.3 Å². The van der Waals surface area contributed by atoms with Crippen LogP contribution in [-0.4, -0.2) is 5.09 Å². The van der Waals surface area contributed by atoms with Crippen LogP contribution in [0.2, 0.25) is 0 Å². The molecule has 0 fully saturated rings. The lowest BCUT2D eigenvalue weighted by Gasteiger charge is -1.74. The lowest BCUT2D eigenvalue weighted by atomic mass is 10.5. The minimum absolute atomic E-state index is 0.500. The van der Waals surface area contributed by atoms with Gasteiger partial charge in [0.05, 0.1) is 9.57 Å². The van der Waals surface area contributed by atoms with Crippen LogP contribution in [0.3, 0.4) is 0 Å². The van der Waals surface area contributed by atoms with Gasteiger partial charge in [0.1, 0.15) is 0 Å². The normalized spacial score (nSPS) is 7.73. The number of rotatable bonds is 0. The van der Waals surface area contributed by atoms with Gasteiger partial charge in [-0.2, -0.15) is 0 Å². The van der Waals surface area contributed by atoms with E-state index in [1.54, 1.807) is 18.2 Å². The smallest absolute Gasteiger partial charge is 0.218 e. The van der Waals surface area contributed by atoms with Gasteiger partial charge >= 0.3 is 0 Å². The van der Waals surface area contributed by atoms with Crippen LogP contribution in [0.1, 0.15) is 0 Å². The maximum atomic E-state index is 11.8. The summed E-state index contributed by atoms with van der Waals surface area (Å²) in [6.07, 6.45) is 2.67. The van der Waals surface area contributed by atoms with Crippen molar-refractivity contribution in [2.45, 2.75) is 0 Å². The van der Waals surface area contributed by atoms with Gasteiger partial charge in [0.25, 0.3) is 0 Å². The maximum absolute atomic E-state index is 11.8. The van der Waals surface area contributed by atoms with Gasteiger partial charge in [-0.3, -0.25) is 0 Å². The van der Waals surface area contributed by atoms with Crippen molar-refractivity contribution in [1.29, 1.82) is 0 Å². The third kappa shape index (κ3) is 8.28. The van der Waals surface area contributed by atoms with E-state index in [9.17, 15) is 4.48 Å². The average Bonchev–Trinajstić information content (AvgIpc) is 1.87. The summed E-state index contributed by atoms with van der Waals surface area (Å²) in [7, 11) is 0.